The molecule has 158 valence electrons. The van der Waals surface area contributed by atoms with E-state index in [0.29, 0.717) is 27.2 Å². The van der Waals surface area contributed by atoms with E-state index in [2.05, 4.69) is 4.57 Å². The molecule has 0 N–H and O–H groups in total. The van der Waals surface area contributed by atoms with E-state index in [4.69, 9.17) is 23.2 Å². The minimum Gasteiger partial charge on any atom is -0.342 e. The van der Waals surface area contributed by atoms with Crippen molar-refractivity contribution in [1.29, 1.82) is 0 Å². The largest absolute Gasteiger partial charge is 0.342 e. The van der Waals surface area contributed by atoms with Crippen molar-refractivity contribution < 1.29 is 9.59 Å². The zero-order valence-corrected chi connectivity index (χ0v) is 19.0. The number of carbonyl (C=O) groups is 2. The summed E-state index contributed by atoms with van der Waals surface area (Å²) < 4.78 is 2.05. The van der Waals surface area contributed by atoms with E-state index in [1.54, 1.807) is 30.3 Å². The normalized spacial score (nSPS) is 15.3. The van der Waals surface area contributed by atoms with Gasteiger partial charge in [0.05, 0.1) is 17.1 Å². The Bertz CT molecular complexity index is 1380. The zero-order chi connectivity index (χ0) is 22.2. The number of fused-ring (bicyclic) bond motifs is 1. The van der Waals surface area contributed by atoms with Gasteiger partial charge >= 0.3 is 0 Å². The van der Waals surface area contributed by atoms with Gasteiger partial charge in [-0.2, -0.15) is 0 Å². The SMILES string of the molecule is O=C1S/C(=C/c2cn(Cc3c(Cl)cccc3Cl)c3ccccc23)C(=O)N1c1ccccc1. The highest BCUT2D eigenvalue weighted by atomic mass is 35.5. The number of rotatable bonds is 4. The second-order valence-corrected chi connectivity index (χ2v) is 9.09. The third-order valence-electron chi connectivity index (χ3n) is 5.30. The molecule has 32 heavy (non-hydrogen) atoms. The highest BCUT2D eigenvalue weighted by molar-refractivity contribution is 8.19. The molecule has 0 radical (unpaired) electrons. The van der Waals surface area contributed by atoms with Crippen LogP contribution in [0.4, 0.5) is 10.5 Å². The first-order valence-corrected chi connectivity index (χ1v) is 11.4. The second-order valence-electron chi connectivity index (χ2n) is 7.28. The molecule has 0 bridgehead atoms. The van der Waals surface area contributed by atoms with Crippen molar-refractivity contribution in [1.82, 2.24) is 4.57 Å². The van der Waals surface area contributed by atoms with Gasteiger partial charge in [0.2, 0.25) is 0 Å². The maximum Gasteiger partial charge on any atom is 0.298 e. The number of hydrogen-bond donors (Lipinski definition) is 0. The third-order valence-corrected chi connectivity index (χ3v) is 6.88. The van der Waals surface area contributed by atoms with Crippen LogP contribution in [0.1, 0.15) is 11.1 Å². The predicted molar refractivity (Wildman–Crippen MR) is 132 cm³/mol. The highest BCUT2D eigenvalue weighted by Gasteiger charge is 2.36. The lowest BCUT2D eigenvalue weighted by atomic mass is 10.1. The predicted octanol–water partition coefficient (Wildman–Crippen LogP) is 7.24. The maximum absolute atomic E-state index is 13.0. The number of imide groups is 1. The van der Waals surface area contributed by atoms with Crippen LogP contribution >= 0.6 is 35.0 Å². The smallest absolute Gasteiger partial charge is 0.298 e. The van der Waals surface area contributed by atoms with Gasteiger partial charge in [-0.05, 0) is 48.2 Å². The Hall–Kier alpha value is -2.99. The molecule has 4 nitrogen and oxygen atoms in total. The third kappa shape index (κ3) is 3.73. The molecule has 0 unspecified atom stereocenters. The Morgan fingerprint density at radius 3 is 2.28 bits per heavy atom. The number of thioether (sulfide) groups is 1. The molecular weight excluding hydrogens is 463 g/mol. The average molecular weight is 479 g/mol. The van der Waals surface area contributed by atoms with Crippen molar-refractivity contribution in [3.8, 4) is 0 Å². The maximum atomic E-state index is 13.0. The van der Waals surface area contributed by atoms with Crippen LogP contribution in [0.5, 0.6) is 0 Å². The van der Waals surface area contributed by atoms with Crippen LogP contribution in [-0.2, 0) is 11.3 Å². The first kappa shape index (κ1) is 20.9. The van der Waals surface area contributed by atoms with E-state index < -0.39 is 0 Å². The monoisotopic (exact) mass is 478 g/mol. The summed E-state index contributed by atoms with van der Waals surface area (Å²) in [6.07, 6.45) is 3.74. The second kappa shape index (κ2) is 8.51. The lowest BCUT2D eigenvalue weighted by Crippen LogP contribution is -2.27. The first-order chi connectivity index (χ1) is 15.5. The molecule has 1 saturated heterocycles. The van der Waals surface area contributed by atoms with Gasteiger partial charge < -0.3 is 4.57 Å². The highest BCUT2D eigenvalue weighted by Crippen LogP contribution is 2.37. The molecule has 1 aromatic heterocycles. The summed E-state index contributed by atoms with van der Waals surface area (Å²) in [6, 6.07) is 22.3. The van der Waals surface area contributed by atoms with Crippen molar-refractivity contribution in [2.75, 3.05) is 4.90 Å². The minimum atomic E-state index is -0.322. The van der Waals surface area contributed by atoms with Gasteiger partial charge in [0.1, 0.15) is 0 Å². The number of para-hydroxylation sites is 2. The van der Waals surface area contributed by atoms with Gasteiger partial charge in [-0.1, -0.05) is 65.7 Å². The van der Waals surface area contributed by atoms with Gasteiger partial charge in [0, 0.05) is 38.3 Å². The van der Waals surface area contributed by atoms with Crippen molar-refractivity contribution in [2.45, 2.75) is 6.54 Å². The molecule has 0 atom stereocenters. The van der Waals surface area contributed by atoms with Crippen LogP contribution in [0.25, 0.3) is 17.0 Å². The summed E-state index contributed by atoms with van der Waals surface area (Å²) in [7, 11) is 0. The summed E-state index contributed by atoms with van der Waals surface area (Å²) in [5, 5.41) is 1.86. The van der Waals surface area contributed by atoms with E-state index in [-0.39, 0.29) is 11.1 Å². The van der Waals surface area contributed by atoms with Crippen molar-refractivity contribution in [2.24, 2.45) is 0 Å². The molecule has 7 heteroatoms. The molecule has 4 aromatic rings. The number of aromatic nitrogens is 1. The van der Waals surface area contributed by atoms with Gasteiger partial charge in [0.25, 0.3) is 11.1 Å². The fraction of sp³-hybridized carbons (Fsp3) is 0.0400. The van der Waals surface area contributed by atoms with Gasteiger partial charge in [-0.3, -0.25) is 9.59 Å². The molecule has 1 fully saturated rings. The summed E-state index contributed by atoms with van der Waals surface area (Å²) in [6.45, 7) is 0.484. The van der Waals surface area contributed by atoms with Crippen molar-refractivity contribution >= 4 is 68.8 Å². The number of hydrogen-bond acceptors (Lipinski definition) is 3. The Balaban J connectivity index is 1.55. The van der Waals surface area contributed by atoms with Crippen LogP contribution in [-0.4, -0.2) is 15.7 Å². The van der Waals surface area contributed by atoms with Crippen LogP contribution in [0.3, 0.4) is 0 Å². The van der Waals surface area contributed by atoms with E-state index in [1.807, 2.05) is 54.7 Å². The van der Waals surface area contributed by atoms with E-state index in [9.17, 15) is 9.59 Å². The molecule has 0 saturated carbocycles. The summed E-state index contributed by atoms with van der Waals surface area (Å²) in [5.74, 6) is -0.322. The van der Waals surface area contributed by atoms with E-state index >= 15 is 0 Å². The Morgan fingerprint density at radius 1 is 0.844 bits per heavy atom. The molecule has 2 heterocycles. The fourth-order valence-electron chi connectivity index (χ4n) is 3.78. The standard InChI is InChI=1S/C25H16Cl2N2O2S/c26-20-10-6-11-21(27)19(20)15-28-14-16(18-9-4-5-12-22(18)28)13-23-24(30)29(25(31)32-23)17-7-2-1-3-8-17/h1-14H,15H2/b23-13+. The zero-order valence-electron chi connectivity index (χ0n) is 16.7. The number of nitrogens with zero attached hydrogens (tertiary/aromatic N) is 2. The first-order valence-electron chi connectivity index (χ1n) is 9.86. The quantitative estimate of drug-likeness (QED) is 0.290. The van der Waals surface area contributed by atoms with Crippen LogP contribution in [0.2, 0.25) is 10.0 Å². The molecule has 2 amide bonds. The topological polar surface area (TPSA) is 42.3 Å². The number of halogens is 2. The lowest BCUT2D eigenvalue weighted by molar-refractivity contribution is -0.113. The van der Waals surface area contributed by atoms with E-state index in [0.717, 1.165) is 33.8 Å². The Labute approximate surface area is 199 Å². The van der Waals surface area contributed by atoms with Crippen molar-refractivity contribution in [3.05, 3.63) is 105 Å². The van der Waals surface area contributed by atoms with Gasteiger partial charge in [-0.15, -0.1) is 0 Å². The van der Waals surface area contributed by atoms with E-state index in [1.165, 1.54) is 4.90 Å². The summed E-state index contributed by atoms with van der Waals surface area (Å²) >= 11 is 13.7. The molecule has 0 spiro atoms. The molecule has 0 aliphatic carbocycles. The van der Waals surface area contributed by atoms with Crippen LogP contribution in [0, 0.1) is 0 Å². The lowest BCUT2D eigenvalue weighted by Gasteiger charge is -2.11. The van der Waals surface area contributed by atoms with Crippen molar-refractivity contribution in [3.63, 3.8) is 0 Å². The minimum absolute atomic E-state index is 0.306. The summed E-state index contributed by atoms with van der Waals surface area (Å²) in [4.78, 5) is 27.2. The molecular formula is C25H16Cl2N2O2S. The summed E-state index contributed by atoms with van der Waals surface area (Å²) in [5.41, 5.74) is 3.22. The molecule has 5 rings (SSSR count). The molecule has 1 aliphatic rings. The molecule has 1 aliphatic heterocycles. The van der Waals surface area contributed by atoms with Crippen LogP contribution in [0.15, 0.2) is 83.9 Å². The Morgan fingerprint density at radius 2 is 1.53 bits per heavy atom. The molecule has 3 aromatic carbocycles. The van der Waals surface area contributed by atoms with Gasteiger partial charge in [0.15, 0.2) is 0 Å². The van der Waals surface area contributed by atoms with Gasteiger partial charge in [-0.25, -0.2) is 4.90 Å². The number of anilines is 1. The van der Waals surface area contributed by atoms with Crippen LogP contribution < -0.4 is 4.90 Å². The average Bonchev–Trinajstić information content (AvgIpc) is 3.28. The Kier molecular flexibility index (Phi) is 5.55. The number of benzene rings is 3. The number of amides is 2. The number of carbonyl (C=O) groups excluding carboxylic acids is 2. The fourth-order valence-corrected chi connectivity index (χ4v) is 5.13.